The minimum absolute atomic E-state index is 0.560. The molecule has 10 heavy (non-hydrogen) atoms. The second-order valence-corrected chi connectivity index (χ2v) is 2.45. The van der Waals surface area contributed by atoms with E-state index in [1.807, 2.05) is 6.26 Å². The average Bonchev–Trinajstić information content (AvgIpc) is 2.30. The van der Waals surface area contributed by atoms with Crippen LogP contribution in [0.3, 0.4) is 0 Å². The van der Waals surface area contributed by atoms with Crippen LogP contribution in [0.5, 0.6) is 0 Å². The summed E-state index contributed by atoms with van der Waals surface area (Å²) in [5.74, 6) is 0.560. The molecule has 1 rings (SSSR count). The lowest BCUT2D eigenvalue weighted by Crippen LogP contribution is -1.88. The molecule has 0 aliphatic rings. The predicted molar refractivity (Wildman–Crippen MR) is 42.0 cm³/mol. The number of aromatic nitrogens is 3. The lowest BCUT2D eigenvalue weighted by Gasteiger charge is -1.85. The predicted octanol–water partition coefficient (Wildman–Crippen LogP) is 0.869. The van der Waals surface area contributed by atoms with Gasteiger partial charge in [-0.05, 0) is 13.0 Å². The first-order chi connectivity index (χ1) is 4.77. The normalized spacial score (nSPS) is 9.80. The minimum atomic E-state index is 0.560. The summed E-state index contributed by atoms with van der Waals surface area (Å²) in [5.41, 5.74) is 0. The van der Waals surface area contributed by atoms with E-state index in [4.69, 9.17) is 0 Å². The molecule has 0 amide bonds. The Kier molecular flexibility index (Phi) is 2.06. The molecule has 5 heteroatoms. The molecule has 0 unspecified atom stereocenters. The van der Waals surface area contributed by atoms with E-state index in [1.165, 1.54) is 11.8 Å². The van der Waals surface area contributed by atoms with Crippen LogP contribution >= 0.6 is 11.8 Å². The summed E-state index contributed by atoms with van der Waals surface area (Å²) < 4.78 is 1.60. The SMILES string of the molecule is C=Nc1nc(SC)nn1C. The summed E-state index contributed by atoms with van der Waals surface area (Å²) in [6.45, 7) is 3.36. The number of rotatable bonds is 2. The van der Waals surface area contributed by atoms with E-state index in [9.17, 15) is 0 Å². The van der Waals surface area contributed by atoms with Crippen LogP contribution in [0.25, 0.3) is 0 Å². The van der Waals surface area contributed by atoms with E-state index >= 15 is 0 Å². The van der Waals surface area contributed by atoms with Crippen LogP contribution in [0.2, 0.25) is 0 Å². The highest BCUT2D eigenvalue weighted by molar-refractivity contribution is 7.98. The molecule has 1 aromatic heterocycles. The largest absolute Gasteiger partial charge is 0.247 e. The molecule has 0 atom stereocenters. The molecule has 0 N–H and O–H groups in total. The Morgan fingerprint density at radius 2 is 2.40 bits per heavy atom. The second-order valence-electron chi connectivity index (χ2n) is 1.68. The molecular formula is C5H8N4S. The Balaban J connectivity index is 3.03. The highest BCUT2D eigenvalue weighted by Crippen LogP contribution is 2.13. The van der Waals surface area contributed by atoms with Crippen molar-refractivity contribution in [2.24, 2.45) is 12.0 Å². The van der Waals surface area contributed by atoms with Crippen molar-refractivity contribution in [3.8, 4) is 0 Å². The highest BCUT2D eigenvalue weighted by atomic mass is 32.2. The van der Waals surface area contributed by atoms with E-state index in [1.54, 1.807) is 11.7 Å². The van der Waals surface area contributed by atoms with Gasteiger partial charge in [0.2, 0.25) is 11.1 Å². The molecule has 0 radical (unpaired) electrons. The molecule has 0 bridgehead atoms. The van der Waals surface area contributed by atoms with Crippen LogP contribution in [0.15, 0.2) is 10.1 Å². The van der Waals surface area contributed by atoms with Crippen molar-refractivity contribution in [2.45, 2.75) is 5.16 Å². The summed E-state index contributed by atoms with van der Waals surface area (Å²) in [6, 6.07) is 0. The lowest BCUT2D eigenvalue weighted by molar-refractivity contribution is 0.741. The first-order valence-electron chi connectivity index (χ1n) is 2.69. The zero-order valence-corrected chi connectivity index (χ0v) is 6.72. The maximum atomic E-state index is 4.03. The number of aliphatic imine (C=N–C) groups is 1. The summed E-state index contributed by atoms with van der Waals surface area (Å²) in [5, 5.41) is 4.76. The van der Waals surface area contributed by atoms with Gasteiger partial charge in [0, 0.05) is 7.05 Å². The molecule has 54 valence electrons. The summed E-state index contributed by atoms with van der Waals surface area (Å²) in [6.07, 6.45) is 1.92. The van der Waals surface area contributed by atoms with Gasteiger partial charge in [0.25, 0.3) is 0 Å². The van der Waals surface area contributed by atoms with Crippen molar-refractivity contribution in [1.82, 2.24) is 14.8 Å². The van der Waals surface area contributed by atoms with Crippen LogP contribution in [-0.2, 0) is 7.05 Å². The van der Waals surface area contributed by atoms with E-state index in [-0.39, 0.29) is 0 Å². The van der Waals surface area contributed by atoms with Gasteiger partial charge < -0.3 is 0 Å². The van der Waals surface area contributed by atoms with E-state index in [0.29, 0.717) is 5.95 Å². The van der Waals surface area contributed by atoms with Crippen molar-refractivity contribution in [3.63, 3.8) is 0 Å². The number of hydrogen-bond donors (Lipinski definition) is 0. The van der Waals surface area contributed by atoms with Gasteiger partial charge in [-0.25, -0.2) is 9.67 Å². The van der Waals surface area contributed by atoms with Crippen molar-refractivity contribution >= 4 is 24.4 Å². The third-order valence-corrected chi connectivity index (χ3v) is 1.58. The Hall–Kier alpha value is -0.840. The molecule has 0 aliphatic heterocycles. The average molecular weight is 156 g/mol. The lowest BCUT2D eigenvalue weighted by atomic mass is 11.0. The Bertz CT molecular complexity index is 242. The topological polar surface area (TPSA) is 43.1 Å². The number of nitrogens with zero attached hydrogens (tertiary/aromatic N) is 4. The van der Waals surface area contributed by atoms with Crippen LogP contribution in [0, 0.1) is 0 Å². The zero-order chi connectivity index (χ0) is 7.56. The molecule has 0 saturated carbocycles. The van der Waals surface area contributed by atoms with Crippen LogP contribution < -0.4 is 0 Å². The maximum absolute atomic E-state index is 4.03. The summed E-state index contributed by atoms with van der Waals surface area (Å²) in [4.78, 5) is 7.70. The van der Waals surface area contributed by atoms with Crippen LogP contribution in [0.4, 0.5) is 5.95 Å². The van der Waals surface area contributed by atoms with Crippen LogP contribution in [0.1, 0.15) is 0 Å². The van der Waals surface area contributed by atoms with Crippen molar-refractivity contribution in [1.29, 1.82) is 0 Å². The van der Waals surface area contributed by atoms with Gasteiger partial charge in [-0.2, -0.15) is 4.98 Å². The Labute approximate surface area is 63.4 Å². The zero-order valence-electron chi connectivity index (χ0n) is 5.90. The molecule has 0 aliphatic carbocycles. The van der Waals surface area contributed by atoms with Crippen LogP contribution in [-0.4, -0.2) is 27.7 Å². The van der Waals surface area contributed by atoms with E-state index in [2.05, 4.69) is 21.8 Å². The number of hydrogen-bond acceptors (Lipinski definition) is 4. The quantitative estimate of drug-likeness (QED) is 0.471. The van der Waals surface area contributed by atoms with Gasteiger partial charge in [-0.1, -0.05) is 11.8 Å². The molecule has 1 aromatic rings. The van der Waals surface area contributed by atoms with Gasteiger partial charge in [-0.3, -0.25) is 0 Å². The Morgan fingerprint density at radius 1 is 1.70 bits per heavy atom. The fourth-order valence-electron chi connectivity index (χ4n) is 0.577. The van der Waals surface area contributed by atoms with Crippen molar-refractivity contribution in [3.05, 3.63) is 0 Å². The summed E-state index contributed by atoms with van der Waals surface area (Å²) in [7, 11) is 1.79. The molecule has 1 heterocycles. The molecule has 4 nitrogen and oxygen atoms in total. The standard InChI is InChI=1S/C5H8N4S/c1-6-4-7-5(10-3)8-9(4)2/h1H2,2-3H3. The highest BCUT2D eigenvalue weighted by Gasteiger charge is 2.01. The molecule has 0 saturated heterocycles. The maximum Gasteiger partial charge on any atom is 0.247 e. The monoisotopic (exact) mass is 156 g/mol. The second kappa shape index (κ2) is 2.83. The van der Waals surface area contributed by atoms with Gasteiger partial charge in [0.05, 0.1) is 0 Å². The Morgan fingerprint density at radius 3 is 2.70 bits per heavy atom. The molecular weight excluding hydrogens is 148 g/mol. The third kappa shape index (κ3) is 1.18. The van der Waals surface area contributed by atoms with Crippen molar-refractivity contribution in [2.75, 3.05) is 6.26 Å². The van der Waals surface area contributed by atoms with Gasteiger partial charge >= 0.3 is 0 Å². The van der Waals surface area contributed by atoms with E-state index < -0.39 is 0 Å². The summed E-state index contributed by atoms with van der Waals surface area (Å²) >= 11 is 1.49. The molecule has 0 fully saturated rings. The van der Waals surface area contributed by atoms with Gasteiger partial charge in [0.15, 0.2) is 0 Å². The fraction of sp³-hybridized carbons (Fsp3) is 0.400. The smallest absolute Gasteiger partial charge is 0.232 e. The molecule has 0 spiro atoms. The third-order valence-electron chi connectivity index (χ3n) is 1.04. The fourth-order valence-corrected chi connectivity index (χ4v) is 0.955. The van der Waals surface area contributed by atoms with Gasteiger partial charge in [0.1, 0.15) is 0 Å². The minimum Gasteiger partial charge on any atom is -0.232 e. The van der Waals surface area contributed by atoms with E-state index in [0.717, 1.165) is 5.16 Å². The van der Waals surface area contributed by atoms with Crippen molar-refractivity contribution < 1.29 is 0 Å². The first-order valence-corrected chi connectivity index (χ1v) is 3.92. The number of thioether (sulfide) groups is 1. The number of aryl methyl sites for hydroxylation is 1. The van der Waals surface area contributed by atoms with Gasteiger partial charge in [-0.15, -0.1) is 5.10 Å². The molecule has 0 aromatic carbocycles. The first kappa shape index (κ1) is 7.27.